The number of carbonyl (C=O) groups excluding carboxylic acids is 1. The average molecular weight is 214 g/mol. The van der Waals surface area contributed by atoms with Crippen LogP contribution in [-0.2, 0) is 9.53 Å². The van der Waals surface area contributed by atoms with Crippen molar-refractivity contribution in [2.45, 2.75) is 19.1 Å². The first-order valence-electron chi connectivity index (χ1n) is 4.61. The van der Waals surface area contributed by atoms with E-state index < -0.39 is 0 Å². The predicted molar refractivity (Wildman–Crippen MR) is 56.2 cm³/mol. The Hall–Kier alpha value is -0.900. The van der Waals surface area contributed by atoms with E-state index in [-0.39, 0.29) is 11.2 Å². The summed E-state index contributed by atoms with van der Waals surface area (Å²) in [5, 5.41) is -0.324. The Kier molecular flexibility index (Phi) is 4.59. The van der Waals surface area contributed by atoms with Crippen LogP contribution in [0.5, 0.6) is 0 Å². The molecule has 1 atom stereocenters. The first kappa shape index (κ1) is 11.2. The van der Waals surface area contributed by atoms with Gasteiger partial charge in [-0.3, -0.25) is 4.79 Å². The fraction of sp³-hybridized carbons (Fsp3) is 0.500. The minimum atomic E-state index is -0.324. The van der Waals surface area contributed by atoms with Gasteiger partial charge in [0.15, 0.2) is 5.25 Å². The van der Waals surface area contributed by atoms with Gasteiger partial charge in [0, 0.05) is 0 Å². The lowest BCUT2D eigenvalue weighted by atomic mass is 10.3. The fourth-order valence-corrected chi connectivity index (χ4v) is 1.93. The number of thioether (sulfide) groups is 1. The summed E-state index contributed by atoms with van der Waals surface area (Å²) in [4.78, 5) is 11.5. The molecule has 1 rings (SSSR count). The number of ether oxygens (including phenoxy) is 1. The minimum absolute atomic E-state index is 0.227. The zero-order valence-corrected chi connectivity index (χ0v) is 9.17. The van der Waals surface area contributed by atoms with E-state index >= 15 is 0 Å². The van der Waals surface area contributed by atoms with Crippen LogP contribution < -0.4 is 0 Å². The van der Waals surface area contributed by atoms with Crippen molar-refractivity contribution in [3.05, 3.63) is 24.2 Å². The van der Waals surface area contributed by atoms with Crippen LogP contribution in [0, 0.1) is 0 Å². The van der Waals surface area contributed by atoms with Crippen molar-refractivity contribution in [1.82, 2.24) is 0 Å². The quantitative estimate of drug-likeness (QED) is 0.706. The van der Waals surface area contributed by atoms with Gasteiger partial charge in [0.25, 0.3) is 0 Å². The van der Waals surface area contributed by atoms with Crippen molar-refractivity contribution in [3.63, 3.8) is 0 Å². The van der Waals surface area contributed by atoms with Gasteiger partial charge in [-0.25, -0.2) is 0 Å². The Labute approximate surface area is 87.8 Å². The van der Waals surface area contributed by atoms with Crippen molar-refractivity contribution >= 4 is 17.7 Å². The summed E-state index contributed by atoms with van der Waals surface area (Å²) in [5.74, 6) is 1.29. The van der Waals surface area contributed by atoms with Crippen LogP contribution in [0.3, 0.4) is 0 Å². The summed E-state index contributed by atoms with van der Waals surface area (Å²) in [6, 6.07) is 3.57. The molecule has 0 N–H and O–H groups in total. The Morgan fingerprint density at radius 1 is 1.64 bits per heavy atom. The molecule has 0 amide bonds. The van der Waals surface area contributed by atoms with E-state index in [1.807, 2.05) is 6.92 Å². The van der Waals surface area contributed by atoms with E-state index in [1.165, 1.54) is 11.8 Å². The highest BCUT2D eigenvalue weighted by Crippen LogP contribution is 2.30. The molecule has 14 heavy (non-hydrogen) atoms. The second kappa shape index (κ2) is 5.75. The zero-order valence-electron chi connectivity index (χ0n) is 8.36. The summed E-state index contributed by atoms with van der Waals surface area (Å²) in [6.07, 6.45) is 1.57. The summed E-state index contributed by atoms with van der Waals surface area (Å²) in [6.45, 7) is 4.20. The molecule has 1 aromatic heterocycles. The molecule has 0 spiro atoms. The molecule has 1 aromatic rings. The van der Waals surface area contributed by atoms with Crippen LogP contribution in [0.15, 0.2) is 22.8 Å². The van der Waals surface area contributed by atoms with Gasteiger partial charge < -0.3 is 9.15 Å². The second-order valence-corrected chi connectivity index (χ2v) is 3.98. The smallest absolute Gasteiger partial charge is 0.326 e. The Balaban J connectivity index is 2.69. The summed E-state index contributed by atoms with van der Waals surface area (Å²) >= 11 is 1.51. The van der Waals surface area contributed by atoms with Crippen LogP contribution >= 0.6 is 11.8 Å². The number of hydrogen-bond donors (Lipinski definition) is 0. The van der Waals surface area contributed by atoms with Gasteiger partial charge in [0.05, 0.1) is 12.9 Å². The van der Waals surface area contributed by atoms with Crippen molar-refractivity contribution in [2.75, 3.05) is 12.4 Å². The topological polar surface area (TPSA) is 39.4 Å². The van der Waals surface area contributed by atoms with Gasteiger partial charge in [-0.2, -0.15) is 0 Å². The second-order valence-electron chi connectivity index (χ2n) is 2.60. The van der Waals surface area contributed by atoms with Gasteiger partial charge in [-0.15, -0.1) is 11.8 Å². The normalized spacial score (nSPS) is 12.4. The molecule has 0 bridgehead atoms. The third kappa shape index (κ3) is 2.80. The van der Waals surface area contributed by atoms with Crippen LogP contribution in [0.2, 0.25) is 0 Å². The zero-order chi connectivity index (χ0) is 10.4. The van der Waals surface area contributed by atoms with Crippen LogP contribution in [0.1, 0.15) is 24.9 Å². The van der Waals surface area contributed by atoms with Gasteiger partial charge in [0.1, 0.15) is 5.76 Å². The molecule has 0 aliphatic heterocycles. The average Bonchev–Trinajstić information content (AvgIpc) is 2.67. The number of esters is 1. The molecule has 1 heterocycles. The van der Waals surface area contributed by atoms with Gasteiger partial charge >= 0.3 is 5.97 Å². The highest BCUT2D eigenvalue weighted by Gasteiger charge is 2.24. The lowest BCUT2D eigenvalue weighted by Gasteiger charge is -2.11. The molecule has 0 aromatic carbocycles. The lowest BCUT2D eigenvalue weighted by molar-refractivity contribution is -0.142. The van der Waals surface area contributed by atoms with E-state index in [1.54, 1.807) is 25.3 Å². The van der Waals surface area contributed by atoms with Crippen molar-refractivity contribution < 1.29 is 13.9 Å². The van der Waals surface area contributed by atoms with Crippen molar-refractivity contribution in [1.29, 1.82) is 0 Å². The summed E-state index contributed by atoms with van der Waals surface area (Å²) in [7, 11) is 0. The molecule has 0 aliphatic carbocycles. The highest BCUT2D eigenvalue weighted by molar-refractivity contribution is 8.00. The monoisotopic (exact) mass is 214 g/mol. The minimum Gasteiger partial charge on any atom is -0.468 e. The maximum absolute atomic E-state index is 11.5. The van der Waals surface area contributed by atoms with E-state index in [2.05, 4.69) is 0 Å². The van der Waals surface area contributed by atoms with Gasteiger partial charge in [0.2, 0.25) is 0 Å². The molecule has 0 saturated carbocycles. The molecule has 78 valence electrons. The predicted octanol–water partition coefficient (Wildman–Crippen LogP) is 2.64. The SMILES string of the molecule is CCOC(=O)C(SCC)c1ccco1. The Morgan fingerprint density at radius 2 is 2.43 bits per heavy atom. The first-order valence-corrected chi connectivity index (χ1v) is 5.66. The molecule has 0 fully saturated rings. The largest absolute Gasteiger partial charge is 0.468 e. The van der Waals surface area contributed by atoms with Crippen LogP contribution in [0.4, 0.5) is 0 Å². The highest BCUT2D eigenvalue weighted by atomic mass is 32.2. The summed E-state index contributed by atoms with van der Waals surface area (Å²) in [5.41, 5.74) is 0. The number of rotatable bonds is 5. The third-order valence-corrected chi connectivity index (χ3v) is 2.73. The van der Waals surface area contributed by atoms with E-state index in [4.69, 9.17) is 9.15 Å². The lowest BCUT2D eigenvalue weighted by Crippen LogP contribution is -2.12. The summed E-state index contributed by atoms with van der Waals surface area (Å²) < 4.78 is 10.2. The van der Waals surface area contributed by atoms with Gasteiger partial charge in [-0.05, 0) is 24.8 Å². The Bertz CT molecular complexity index is 269. The van der Waals surface area contributed by atoms with Crippen LogP contribution in [0.25, 0.3) is 0 Å². The first-order chi connectivity index (χ1) is 6.79. The number of hydrogen-bond acceptors (Lipinski definition) is 4. The third-order valence-electron chi connectivity index (χ3n) is 1.64. The Morgan fingerprint density at radius 3 is 2.93 bits per heavy atom. The van der Waals surface area contributed by atoms with Crippen LogP contribution in [-0.4, -0.2) is 18.3 Å². The van der Waals surface area contributed by atoms with Crippen molar-refractivity contribution in [2.24, 2.45) is 0 Å². The molecule has 0 radical (unpaired) electrons. The molecule has 3 nitrogen and oxygen atoms in total. The fourth-order valence-electron chi connectivity index (χ4n) is 1.09. The molecule has 0 saturated heterocycles. The maximum Gasteiger partial charge on any atom is 0.326 e. The van der Waals surface area contributed by atoms with E-state index in [0.717, 1.165) is 5.75 Å². The molecular weight excluding hydrogens is 200 g/mol. The van der Waals surface area contributed by atoms with E-state index in [9.17, 15) is 4.79 Å². The number of furan rings is 1. The molecule has 1 unspecified atom stereocenters. The molecule has 4 heteroatoms. The standard InChI is InChI=1S/C10H14O3S/c1-3-12-10(11)9(14-4-2)8-6-5-7-13-8/h5-7,9H,3-4H2,1-2H3. The number of carbonyl (C=O) groups is 1. The van der Waals surface area contributed by atoms with Gasteiger partial charge in [-0.1, -0.05) is 6.92 Å². The maximum atomic E-state index is 11.5. The van der Waals surface area contributed by atoms with E-state index in [0.29, 0.717) is 12.4 Å². The molecular formula is C10H14O3S. The van der Waals surface area contributed by atoms with Crippen molar-refractivity contribution in [3.8, 4) is 0 Å². The molecule has 0 aliphatic rings.